The summed E-state index contributed by atoms with van der Waals surface area (Å²) in [6.07, 6.45) is 2.03. The molecule has 0 atom stereocenters. The minimum Gasteiger partial charge on any atom is -0.360 e. The lowest BCUT2D eigenvalue weighted by Crippen LogP contribution is -2.43. The van der Waals surface area contributed by atoms with E-state index in [1.165, 1.54) is 4.31 Å². The van der Waals surface area contributed by atoms with Crippen molar-refractivity contribution in [1.82, 2.24) is 14.8 Å². The summed E-state index contributed by atoms with van der Waals surface area (Å²) >= 11 is 0. The molecule has 0 bridgehead atoms. The zero-order chi connectivity index (χ0) is 17.9. The highest BCUT2D eigenvalue weighted by molar-refractivity contribution is 7.89. The lowest BCUT2D eigenvalue weighted by atomic mass is 9.97. The number of carbonyl (C=O) groups excluding carboxylic acids is 1. The molecule has 24 heavy (non-hydrogen) atoms. The van der Waals surface area contributed by atoms with Gasteiger partial charge in [-0.05, 0) is 39.0 Å². The van der Waals surface area contributed by atoms with Crippen LogP contribution >= 0.6 is 0 Å². The molecular weight excluding hydrogens is 330 g/mol. The number of hydrogen-bond acceptors (Lipinski definition) is 5. The van der Waals surface area contributed by atoms with Crippen molar-refractivity contribution in [3.8, 4) is 0 Å². The maximum atomic E-state index is 12.7. The Morgan fingerprint density at radius 1 is 1.33 bits per heavy atom. The van der Waals surface area contributed by atoms with E-state index in [-0.39, 0.29) is 16.7 Å². The molecule has 0 aliphatic carbocycles. The Balaban J connectivity index is 1.94. The van der Waals surface area contributed by atoms with Gasteiger partial charge in [-0.3, -0.25) is 4.79 Å². The normalized spacial score (nSPS) is 17.4. The van der Waals surface area contributed by atoms with Gasteiger partial charge in [0, 0.05) is 25.6 Å². The first-order valence-corrected chi connectivity index (χ1v) is 9.88. The number of rotatable bonds is 6. The topological polar surface area (TPSA) is 92.5 Å². The second kappa shape index (κ2) is 7.65. The molecule has 1 fully saturated rings. The van der Waals surface area contributed by atoms with Crippen LogP contribution in [0.2, 0.25) is 0 Å². The van der Waals surface area contributed by atoms with Gasteiger partial charge in [0.1, 0.15) is 10.6 Å². The van der Waals surface area contributed by atoms with Crippen LogP contribution in [0.3, 0.4) is 0 Å². The van der Waals surface area contributed by atoms with Gasteiger partial charge in [0.05, 0.1) is 0 Å². The van der Waals surface area contributed by atoms with Crippen LogP contribution in [0.15, 0.2) is 9.42 Å². The van der Waals surface area contributed by atoms with Crippen molar-refractivity contribution >= 4 is 15.9 Å². The molecule has 0 saturated carbocycles. The van der Waals surface area contributed by atoms with E-state index < -0.39 is 10.0 Å². The molecule has 1 saturated heterocycles. The third-order valence-corrected chi connectivity index (χ3v) is 6.56. The molecule has 1 aromatic heterocycles. The van der Waals surface area contributed by atoms with Crippen LogP contribution < -0.4 is 5.32 Å². The summed E-state index contributed by atoms with van der Waals surface area (Å²) in [5.41, 5.74) is 0.376. The van der Waals surface area contributed by atoms with Crippen LogP contribution in [0.25, 0.3) is 0 Å². The number of carbonyl (C=O) groups is 1. The van der Waals surface area contributed by atoms with Crippen LogP contribution in [0.1, 0.15) is 44.6 Å². The van der Waals surface area contributed by atoms with Crippen molar-refractivity contribution in [2.24, 2.45) is 11.8 Å². The molecule has 136 valence electrons. The fourth-order valence-electron chi connectivity index (χ4n) is 2.96. The van der Waals surface area contributed by atoms with Gasteiger partial charge in [-0.15, -0.1) is 0 Å². The largest absolute Gasteiger partial charge is 0.360 e. The Bertz CT molecular complexity index is 654. The summed E-state index contributed by atoms with van der Waals surface area (Å²) in [6.45, 7) is 8.81. The number of nitrogens with one attached hydrogen (secondary N) is 1. The van der Waals surface area contributed by atoms with Gasteiger partial charge < -0.3 is 9.84 Å². The number of piperidine rings is 1. The Morgan fingerprint density at radius 3 is 2.46 bits per heavy atom. The van der Waals surface area contributed by atoms with Crippen LogP contribution in [0, 0.1) is 25.7 Å². The van der Waals surface area contributed by atoms with E-state index in [1.807, 2.05) is 0 Å². The molecule has 8 heteroatoms. The standard InChI is InChI=1S/C16H27N3O4S/c1-11(2)5-8-17-16(20)14-6-9-19(10-7-14)24(21,22)15-12(3)18-23-13(15)4/h11,14H,5-10H2,1-4H3,(H,17,20). The van der Waals surface area contributed by atoms with E-state index in [4.69, 9.17) is 4.52 Å². The second-order valence-corrected chi connectivity index (χ2v) is 8.68. The van der Waals surface area contributed by atoms with Crippen LogP contribution in [-0.2, 0) is 14.8 Å². The van der Waals surface area contributed by atoms with E-state index in [2.05, 4.69) is 24.3 Å². The molecule has 1 aliphatic heterocycles. The maximum Gasteiger partial charge on any atom is 0.248 e. The average molecular weight is 357 g/mol. The van der Waals surface area contributed by atoms with E-state index >= 15 is 0 Å². The first-order valence-electron chi connectivity index (χ1n) is 8.44. The molecule has 0 spiro atoms. The predicted molar refractivity (Wildman–Crippen MR) is 89.9 cm³/mol. The van der Waals surface area contributed by atoms with E-state index in [9.17, 15) is 13.2 Å². The summed E-state index contributed by atoms with van der Waals surface area (Å²) in [7, 11) is -3.61. The average Bonchev–Trinajstić information content (AvgIpc) is 2.86. The fraction of sp³-hybridized carbons (Fsp3) is 0.750. The van der Waals surface area contributed by atoms with Gasteiger partial charge in [-0.2, -0.15) is 4.31 Å². The first kappa shape index (κ1) is 18.9. The smallest absolute Gasteiger partial charge is 0.248 e. The number of aryl methyl sites for hydroxylation is 2. The van der Waals surface area contributed by atoms with Crippen molar-refractivity contribution in [2.75, 3.05) is 19.6 Å². The van der Waals surface area contributed by atoms with Gasteiger partial charge in [0.15, 0.2) is 5.76 Å². The molecule has 1 N–H and O–H groups in total. The summed E-state index contributed by atoms with van der Waals surface area (Å²) in [4.78, 5) is 12.3. The van der Waals surface area contributed by atoms with Crippen molar-refractivity contribution in [3.63, 3.8) is 0 Å². The SMILES string of the molecule is Cc1noc(C)c1S(=O)(=O)N1CCC(C(=O)NCCC(C)C)CC1. The molecule has 0 unspecified atom stereocenters. The van der Waals surface area contributed by atoms with E-state index in [0.717, 1.165) is 6.42 Å². The molecule has 1 amide bonds. The lowest BCUT2D eigenvalue weighted by molar-refractivity contribution is -0.126. The molecule has 1 aromatic rings. The highest BCUT2D eigenvalue weighted by atomic mass is 32.2. The van der Waals surface area contributed by atoms with Gasteiger partial charge in [-0.1, -0.05) is 19.0 Å². The predicted octanol–water partition coefficient (Wildman–Crippen LogP) is 1.85. The highest BCUT2D eigenvalue weighted by Gasteiger charge is 2.35. The summed E-state index contributed by atoms with van der Waals surface area (Å²) in [5, 5.41) is 6.67. The van der Waals surface area contributed by atoms with Crippen LogP contribution in [0.4, 0.5) is 0 Å². The number of amides is 1. The molecular formula is C16H27N3O4S. The molecule has 2 rings (SSSR count). The van der Waals surface area contributed by atoms with Crippen molar-refractivity contribution < 1.29 is 17.7 Å². The van der Waals surface area contributed by atoms with Crippen molar-refractivity contribution in [3.05, 3.63) is 11.5 Å². The Hall–Kier alpha value is -1.41. The highest BCUT2D eigenvalue weighted by Crippen LogP contribution is 2.27. The molecule has 1 aliphatic rings. The third kappa shape index (κ3) is 4.16. The molecule has 0 aromatic carbocycles. The quantitative estimate of drug-likeness (QED) is 0.839. The van der Waals surface area contributed by atoms with Crippen LogP contribution in [-0.4, -0.2) is 43.4 Å². The summed E-state index contributed by atoms with van der Waals surface area (Å²) in [6, 6.07) is 0. The number of nitrogens with zero attached hydrogens (tertiary/aromatic N) is 2. The minimum atomic E-state index is -3.61. The maximum absolute atomic E-state index is 12.7. The Morgan fingerprint density at radius 2 is 1.96 bits per heavy atom. The minimum absolute atomic E-state index is 0.0324. The van der Waals surface area contributed by atoms with Crippen LogP contribution in [0.5, 0.6) is 0 Å². The van der Waals surface area contributed by atoms with Gasteiger partial charge >= 0.3 is 0 Å². The molecule has 0 radical (unpaired) electrons. The van der Waals surface area contributed by atoms with Crippen molar-refractivity contribution in [2.45, 2.75) is 51.9 Å². The molecule has 2 heterocycles. The lowest BCUT2D eigenvalue weighted by Gasteiger charge is -2.30. The number of hydrogen-bond donors (Lipinski definition) is 1. The van der Waals surface area contributed by atoms with E-state index in [1.54, 1.807) is 13.8 Å². The Kier molecular flexibility index (Phi) is 6.03. The van der Waals surface area contributed by atoms with Gasteiger partial charge in [0.25, 0.3) is 0 Å². The van der Waals surface area contributed by atoms with E-state index in [0.29, 0.717) is 49.8 Å². The molecule has 7 nitrogen and oxygen atoms in total. The van der Waals surface area contributed by atoms with Crippen molar-refractivity contribution in [1.29, 1.82) is 0 Å². The first-order chi connectivity index (χ1) is 11.2. The van der Waals surface area contributed by atoms with Gasteiger partial charge in [-0.25, -0.2) is 8.42 Å². The van der Waals surface area contributed by atoms with Gasteiger partial charge in [0.2, 0.25) is 15.9 Å². The summed E-state index contributed by atoms with van der Waals surface area (Å²) < 4.78 is 31.9. The monoisotopic (exact) mass is 357 g/mol. The number of aromatic nitrogens is 1. The zero-order valence-corrected chi connectivity index (χ0v) is 15.6. The zero-order valence-electron chi connectivity index (χ0n) is 14.8. The third-order valence-electron chi connectivity index (χ3n) is 4.41. The summed E-state index contributed by atoms with van der Waals surface area (Å²) in [5.74, 6) is 0.770. The number of sulfonamides is 1. The second-order valence-electron chi connectivity index (χ2n) is 6.81. The Labute approximate surface area is 143 Å². The fourth-order valence-corrected chi connectivity index (χ4v) is 4.72.